The largest absolute Gasteiger partial charge is 0.468 e. The first kappa shape index (κ1) is 17.6. The number of nitro groups is 1. The molecule has 0 aliphatic rings. The van der Waals surface area contributed by atoms with Gasteiger partial charge in [-0.1, -0.05) is 13.8 Å². The van der Waals surface area contributed by atoms with E-state index in [1.54, 1.807) is 32.9 Å². The maximum atomic E-state index is 11.6. The average molecular weight is 309 g/mol. The summed E-state index contributed by atoms with van der Waals surface area (Å²) in [7, 11) is 0. The molecule has 2 atom stereocenters. The molecular weight excluding hydrogens is 290 g/mol. The van der Waals surface area contributed by atoms with E-state index >= 15 is 0 Å². The minimum atomic E-state index is -0.952. The highest BCUT2D eigenvalue weighted by molar-refractivity contribution is 5.82. The Kier molecular flexibility index (Phi) is 6.49. The van der Waals surface area contributed by atoms with E-state index in [0.717, 1.165) is 6.08 Å². The number of hydrogen-bond donors (Lipinski definition) is 0. The SMILES string of the molecule is CCOC(=O)/C=C(/[C@H](c1ccco1)[C@H](C=O)C(C)C)[N+](=O)[O-]. The van der Waals surface area contributed by atoms with E-state index in [1.165, 1.54) is 6.26 Å². The highest BCUT2D eigenvalue weighted by atomic mass is 16.6. The van der Waals surface area contributed by atoms with Gasteiger partial charge in [-0.25, -0.2) is 4.79 Å². The topological polar surface area (TPSA) is 99.7 Å². The van der Waals surface area contributed by atoms with Crippen LogP contribution in [0.3, 0.4) is 0 Å². The number of ether oxygens (including phenoxy) is 1. The molecule has 0 bridgehead atoms. The van der Waals surface area contributed by atoms with Crippen LogP contribution in [0.5, 0.6) is 0 Å². The summed E-state index contributed by atoms with van der Waals surface area (Å²) >= 11 is 0. The summed E-state index contributed by atoms with van der Waals surface area (Å²) in [4.78, 5) is 33.7. The monoisotopic (exact) mass is 309 g/mol. The molecule has 1 heterocycles. The summed E-state index contributed by atoms with van der Waals surface area (Å²) in [6.07, 6.45) is 2.84. The van der Waals surface area contributed by atoms with Crippen LogP contribution in [0.25, 0.3) is 0 Å². The van der Waals surface area contributed by atoms with Crippen molar-refractivity contribution in [2.75, 3.05) is 6.61 Å². The molecule has 0 amide bonds. The molecule has 0 radical (unpaired) electrons. The predicted molar refractivity (Wildman–Crippen MR) is 77.6 cm³/mol. The highest BCUT2D eigenvalue weighted by Crippen LogP contribution is 2.35. The first-order valence-electron chi connectivity index (χ1n) is 6.93. The Bertz CT molecular complexity index is 546. The van der Waals surface area contributed by atoms with Crippen molar-refractivity contribution in [3.05, 3.63) is 46.0 Å². The van der Waals surface area contributed by atoms with E-state index in [1.807, 2.05) is 0 Å². The van der Waals surface area contributed by atoms with Gasteiger partial charge in [0.25, 0.3) is 5.70 Å². The Morgan fingerprint density at radius 3 is 2.59 bits per heavy atom. The summed E-state index contributed by atoms with van der Waals surface area (Å²) < 4.78 is 9.97. The van der Waals surface area contributed by atoms with Crippen molar-refractivity contribution in [3.63, 3.8) is 0 Å². The molecule has 0 aliphatic carbocycles. The molecule has 7 heteroatoms. The number of rotatable bonds is 8. The van der Waals surface area contributed by atoms with Crippen LogP contribution < -0.4 is 0 Å². The maximum absolute atomic E-state index is 11.6. The summed E-state index contributed by atoms with van der Waals surface area (Å²) in [5.41, 5.74) is -0.417. The zero-order valence-electron chi connectivity index (χ0n) is 12.7. The maximum Gasteiger partial charge on any atom is 0.337 e. The van der Waals surface area contributed by atoms with E-state index < -0.39 is 28.4 Å². The lowest BCUT2D eigenvalue weighted by atomic mass is 9.81. The Morgan fingerprint density at radius 2 is 2.18 bits per heavy atom. The minimum absolute atomic E-state index is 0.104. The molecule has 0 fully saturated rings. The number of aldehydes is 1. The van der Waals surface area contributed by atoms with Crippen molar-refractivity contribution >= 4 is 12.3 Å². The Balaban J connectivity index is 3.35. The van der Waals surface area contributed by atoms with Crippen LogP contribution in [0.2, 0.25) is 0 Å². The third kappa shape index (κ3) is 4.28. The lowest BCUT2D eigenvalue weighted by Crippen LogP contribution is -2.25. The van der Waals surface area contributed by atoms with E-state index in [0.29, 0.717) is 6.29 Å². The quantitative estimate of drug-likeness (QED) is 0.240. The van der Waals surface area contributed by atoms with Crippen LogP contribution in [0.4, 0.5) is 0 Å². The summed E-state index contributed by atoms with van der Waals surface area (Å²) in [5, 5.41) is 11.4. The van der Waals surface area contributed by atoms with Crippen molar-refractivity contribution in [1.29, 1.82) is 0 Å². The highest BCUT2D eigenvalue weighted by Gasteiger charge is 2.38. The zero-order chi connectivity index (χ0) is 16.7. The van der Waals surface area contributed by atoms with Gasteiger partial charge in [0.1, 0.15) is 18.0 Å². The smallest absolute Gasteiger partial charge is 0.337 e. The second kappa shape index (κ2) is 8.11. The van der Waals surface area contributed by atoms with Crippen molar-refractivity contribution in [2.45, 2.75) is 26.7 Å². The molecule has 0 aliphatic heterocycles. The van der Waals surface area contributed by atoms with Gasteiger partial charge in [-0.2, -0.15) is 0 Å². The number of nitrogens with zero attached hydrogens (tertiary/aromatic N) is 1. The standard InChI is InChI=1S/C15H19NO6/c1-4-21-14(18)8-12(16(19)20)15(11(9-17)10(2)3)13-6-5-7-22-13/h5-11,15H,4H2,1-3H3/b12-8-/t11-,15-/m1/s1. The molecule has 0 saturated carbocycles. The first-order valence-corrected chi connectivity index (χ1v) is 6.93. The van der Waals surface area contributed by atoms with Gasteiger partial charge in [0, 0.05) is 5.92 Å². The fourth-order valence-corrected chi connectivity index (χ4v) is 2.18. The molecule has 7 nitrogen and oxygen atoms in total. The molecule has 0 spiro atoms. The van der Waals surface area contributed by atoms with Crippen molar-refractivity contribution < 1.29 is 23.7 Å². The van der Waals surface area contributed by atoms with Gasteiger partial charge in [-0.05, 0) is 25.0 Å². The van der Waals surface area contributed by atoms with E-state index in [2.05, 4.69) is 0 Å². The first-order chi connectivity index (χ1) is 10.4. The molecule has 1 aromatic heterocycles. The normalized spacial score (nSPS) is 14.5. The van der Waals surface area contributed by atoms with E-state index in [9.17, 15) is 19.7 Å². The number of carbonyl (C=O) groups is 2. The van der Waals surface area contributed by atoms with Gasteiger partial charge >= 0.3 is 5.97 Å². The molecule has 0 aromatic carbocycles. The van der Waals surface area contributed by atoms with Crippen LogP contribution in [-0.2, 0) is 14.3 Å². The summed E-state index contributed by atoms with van der Waals surface area (Å²) in [6, 6.07) is 3.12. The number of allylic oxidation sites excluding steroid dienone is 1. The van der Waals surface area contributed by atoms with Crippen LogP contribution >= 0.6 is 0 Å². The lowest BCUT2D eigenvalue weighted by molar-refractivity contribution is -0.431. The Labute approximate surface area is 128 Å². The van der Waals surface area contributed by atoms with Crippen LogP contribution in [0, 0.1) is 22.0 Å². The van der Waals surface area contributed by atoms with Gasteiger partial charge in [0.15, 0.2) is 0 Å². The third-order valence-electron chi connectivity index (χ3n) is 3.24. The van der Waals surface area contributed by atoms with Gasteiger partial charge in [-0.15, -0.1) is 0 Å². The Morgan fingerprint density at radius 1 is 1.50 bits per heavy atom. The van der Waals surface area contributed by atoms with Crippen molar-refractivity contribution in [2.24, 2.45) is 11.8 Å². The second-order valence-corrected chi connectivity index (χ2v) is 5.03. The van der Waals surface area contributed by atoms with Crippen LogP contribution in [0.15, 0.2) is 34.6 Å². The van der Waals surface area contributed by atoms with Crippen molar-refractivity contribution in [3.8, 4) is 0 Å². The zero-order valence-corrected chi connectivity index (χ0v) is 12.7. The average Bonchev–Trinajstić information content (AvgIpc) is 2.95. The number of hydrogen-bond acceptors (Lipinski definition) is 6. The van der Waals surface area contributed by atoms with Gasteiger partial charge in [-0.3, -0.25) is 10.1 Å². The molecular formula is C15H19NO6. The van der Waals surface area contributed by atoms with Gasteiger partial charge in [0.05, 0.1) is 23.9 Å². The number of furan rings is 1. The molecule has 0 N–H and O–H groups in total. The van der Waals surface area contributed by atoms with Gasteiger partial charge in [0.2, 0.25) is 0 Å². The summed E-state index contributed by atoms with van der Waals surface area (Å²) in [5.74, 6) is -2.38. The van der Waals surface area contributed by atoms with Crippen molar-refractivity contribution in [1.82, 2.24) is 0 Å². The molecule has 22 heavy (non-hydrogen) atoms. The van der Waals surface area contributed by atoms with Crippen LogP contribution in [-0.4, -0.2) is 23.8 Å². The summed E-state index contributed by atoms with van der Waals surface area (Å²) in [6.45, 7) is 5.25. The molecule has 1 aromatic rings. The molecule has 120 valence electrons. The second-order valence-electron chi connectivity index (χ2n) is 5.03. The van der Waals surface area contributed by atoms with Gasteiger partial charge < -0.3 is 13.9 Å². The van der Waals surface area contributed by atoms with E-state index in [-0.39, 0.29) is 18.3 Å². The fourth-order valence-electron chi connectivity index (χ4n) is 2.18. The number of carbonyl (C=O) groups excluding carboxylic acids is 2. The minimum Gasteiger partial charge on any atom is -0.468 e. The molecule has 1 rings (SSSR count). The number of esters is 1. The third-order valence-corrected chi connectivity index (χ3v) is 3.24. The molecule has 0 unspecified atom stereocenters. The van der Waals surface area contributed by atoms with E-state index in [4.69, 9.17) is 9.15 Å². The van der Waals surface area contributed by atoms with Crippen LogP contribution in [0.1, 0.15) is 32.4 Å². The Hall–Kier alpha value is -2.44. The predicted octanol–water partition coefficient (Wildman–Crippen LogP) is 2.56. The lowest BCUT2D eigenvalue weighted by Gasteiger charge is -2.21. The fraction of sp³-hybridized carbons (Fsp3) is 0.467. The molecule has 0 saturated heterocycles.